The number of hydrogen-bond donors (Lipinski definition) is 4. The maximum Gasteiger partial charge on any atom is 0.323 e. The maximum atomic E-state index is 13.8. The Morgan fingerprint density at radius 3 is 2.46 bits per heavy atom. The largest absolute Gasteiger partial charge is 0.497 e. The third kappa shape index (κ3) is 7.32. The van der Waals surface area contributed by atoms with Crippen molar-refractivity contribution >= 4 is 45.8 Å². The molecule has 4 aromatic rings. The van der Waals surface area contributed by atoms with Crippen LogP contribution in [0, 0.1) is 5.92 Å². The van der Waals surface area contributed by atoms with Crippen LogP contribution in [-0.2, 0) is 0 Å². The quantitative estimate of drug-likeness (QED) is 0.194. The van der Waals surface area contributed by atoms with Gasteiger partial charge in [-0.1, -0.05) is 43.3 Å². The summed E-state index contributed by atoms with van der Waals surface area (Å²) in [5.74, 6) is 0.486. The number of fused-ring (bicyclic) bond motifs is 2. The summed E-state index contributed by atoms with van der Waals surface area (Å²) in [4.78, 5) is 43.0. The predicted molar refractivity (Wildman–Crippen MR) is 179 cm³/mol. The van der Waals surface area contributed by atoms with Gasteiger partial charge in [0.15, 0.2) is 0 Å². The van der Waals surface area contributed by atoms with Gasteiger partial charge in [-0.2, -0.15) is 0 Å². The number of nitrogens with zero attached hydrogens (tertiary/aromatic N) is 2. The van der Waals surface area contributed by atoms with Crippen LogP contribution in [0.25, 0.3) is 10.8 Å². The van der Waals surface area contributed by atoms with Crippen molar-refractivity contribution in [3.05, 3.63) is 90.5 Å². The first-order valence-corrected chi connectivity index (χ1v) is 15.1. The number of urea groups is 2. The van der Waals surface area contributed by atoms with Crippen LogP contribution in [0.3, 0.4) is 0 Å². The third-order valence-corrected chi connectivity index (χ3v) is 8.10. The number of likely N-dealkylation sites (N-methyl/N-ethyl adjacent to an activating group) is 1. The summed E-state index contributed by atoms with van der Waals surface area (Å²) in [6.07, 6.45) is -0.486. The smallest absolute Gasteiger partial charge is 0.323 e. The van der Waals surface area contributed by atoms with Gasteiger partial charge in [0.1, 0.15) is 17.6 Å². The minimum absolute atomic E-state index is 0.188. The highest BCUT2D eigenvalue weighted by molar-refractivity contribution is 6.07. The number of anilines is 3. The van der Waals surface area contributed by atoms with Gasteiger partial charge in [0.25, 0.3) is 5.91 Å². The first kappa shape index (κ1) is 32.1. The molecule has 0 saturated carbocycles. The number of benzene rings is 4. The molecular formula is C35H39N5O6. The lowest BCUT2D eigenvalue weighted by Crippen LogP contribution is -2.50. The van der Waals surface area contributed by atoms with E-state index in [-0.39, 0.29) is 43.1 Å². The van der Waals surface area contributed by atoms with Crippen LogP contribution in [0.4, 0.5) is 26.7 Å². The van der Waals surface area contributed by atoms with E-state index in [4.69, 9.17) is 9.47 Å². The number of hydrogen-bond acceptors (Lipinski definition) is 6. The van der Waals surface area contributed by atoms with Crippen LogP contribution in [0.1, 0.15) is 24.2 Å². The molecule has 1 heterocycles. The highest BCUT2D eigenvalue weighted by atomic mass is 16.5. The van der Waals surface area contributed by atoms with Crippen molar-refractivity contribution in [3.8, 4) is 11.5 Å². The third-order valence-electron chi connectivity index (χ3n) is 8.10. The topological polar surface area (TPSA) is 132 Å². The van der Waals surface area contributed by atoms with E-state index < -0.39 is 18.2 Å². The van der Waals surface area contributed by atoms with E-state index in [0.29, 0.717) is 28.6 Å². The van der Waals surface area contributed by atoms with Gasteiger partial charge < -0.3 is 40.3 Å². The first-order chi connectivity index (χ1) is 22.2. The molecule has 4 N–H and O–H groups in total. The van der Waals surface area contributed by atoms with Crippen LogP contribution >= 0.6 is 0 Å². The Morgan fingerprint density at radius 2 is 1.72 bits per heavy atom. The lowest BCUT2D eigenvalue weighted by atomic mass is 9.99. The molecule has 1 aliphatic heterocycles. The molecule has 46 heavy (non-hydrogen) atoms. The van der Waals surface area contributed by atoms with Crippen LogP contribution in [0.5, 0.6) is 11.5 Å². The van der Waals surface area contributed by atoms with Gasteiger partial charge in [0, 0.05) is 36.3 Å². The highest BCUT2D eigenvalue weighted by Gasteiger charge is 2.34. The Labute approximate surface area is 268 Å². The Hall–Kier alpha value is -5.29. The number of nitrogens with one attached hydrogen (secondary N) is 3. The second-order valence-corrected chi connectivity index (χ2v) is 11.5. The fourth-order valence-corrected chi connectivity index (χ4v) is 5.38. The molecule has 0 bridgehead atoms. The number of rotatable bonds is 8. The normalized spacial score (nSPS) is 16.7. The van der Waals surface area contributed by atoms with Crippen LogP contribution in [-0.4, -0.2) is 78.9 Å². The molecular weight excluding hydrogens is 586 g/mol. The van der Waals surface area contributed by atoms with Crippen LogP contribution in [0.15, 0.2) is 84.9 Å². The van der Waals surface area contributed by atoms with Crippen molar-refractivity contribution in [1.82, 2.24) is 9.80 Å². The zero-order chi connectivity index (χ0) is 32.8. The van der Waals surface area contributed by atoms with Gasteiger partial charge in [-0.3, -0.25) is 4.79 Å². The molecule has 11 nitrogen and oxygen atoms in total. The molecule has 0 unspecified atom stereocenters. The summed E-state index contributed by atoms with van der Waals surface area (Å²) >= 11 is 0. The van der Waals surface area contributed by atoms with Gasteiger partial charge >= 0.3 is 12.1 Å². The van der Waals surface area contributed by atoms with Gasteiger partial charge in [-0.05, 0) is 60.8 Å². The summed E-state index contributed by atoms with van der Waals surface area (Å²) in [5.41, 5.74) is 1.91. The van der Waals surface area contributed by atoms with E-state index in [1.54, 1.807) is 68.4 Å². The highest BCUT2D eigenvalue weighted by Crippen LogP contribution is 2.31. The minimum atomic E-state index is -0.486. The average molecular weight is 626 g/mol. The minimum Gasteiger partial charge on any atom is -0.497 e. The maximum absolute atomic E-state index is 13.8. The molecule has 5 amide bonds. The second-order valence-electron chi connectivity index (χ2n) is 11.5. The predicted octanol–water partition coefficient (Wildman–Crippen LogP) is 5.88. The number of aliphatic hydroxyl groups is 1. The summed E-state index contributed by atoms with van der Waals surface area (Å²) < 4.78 is 11.6. The molecule has 0 fully saturated rings. The fourth-order valence-electron chi connectivity index (χ4n) is 5.38. The number of aliphatic hydroxyl groups excluding tert-OH is 1. The number of carbonyl (C=O) groups is 3. The molecule has 0 spiro atoms. The van der Waals surface area contributed by atoms with Crippen LogP contribution < -0.4 is 25.4 Å². The Balaban J connectivity index is 1.35. The van der Waals surface area contributed by atoms with Gasteiger partial charge in [0.2, 0.25) is 0 Å². The number of ether oxygens (including phenoxy) is 2. The molecule has 3 atom stereocenters. The molecule has 0 radical (unpaired) electrons. The number of amides is 5. The second kappa shape index (κ2) is 14.2. The Morgan fingerprint density at radius 1 is 1.00 bits per heavy atom. The van der Waals surface area contributed by atoms with Crippen molar-refractivity contribution in [2.75, 3.05) is 49.8 Å². The molecule has 0 aliphatic carbocycles. The molecule has 0 saturated heterocycles. The van der Waals surface area contributed by atoms with E-state index in [1.165, 1.54) is 4.90 Å². The first-order valence-electron chi connectivity index (χ1n) is 15.1. The van der Waals surface area contributed by atoms with Crippen molar-refractivity contribution in [1.29, 1.82) is 0 Å². The molecule has 0 aromatic heterocycles. The molecule has 11 heteroatoms. The fraction of sp³-hybridized carbons (Fsp3) is 0.286. The Bertz CT molecular complexity index is 1710. The van der Waals surface area contributed by atoms with Gasteiger partial charge in [0.05, 0.1) is 37.6 Å². The van der Waals surface area contributed by atoms with Crippen molar-refractivity contribution in [2.24, 2.45) is 5.92 Å². The zero-order valence-corrected chi connectivity index (χ0v) is 26.3. The van der Waals surface area contributed by atoms with Crippen molar-refractivity contribution in [3.63, 3.8) is 0 Å². The Kier molecular flexibility index (Phi) is 9.92. The summed E-state index contributed by atoms with van der Waals surface area (Å²) in [6.45, 7) is 4.01. The van der Waals surface area contributed by atoms with Gasteiger partial charge in [-0.25, -0.2) is 9.59 Å². The lowest BCUT2D eigenvalue weighted by Gasteiger charge is -2.38. The average Bonchev–Trinajstić information content (AvgIpc) is 3.06. The van der Waals surface area contributed by atoms with E-state index in [2.05, 4.69) is 16.0 Å². The molecule has 240 valence electrons. The standard InChI is InChI=1S/C35H39N5O6/c1-22-19-40(23(2)21-41)33(42)29-18-26(36-34(43)38-30-11-7-9-24-8-5-6-10-28(24)30)14-17-31(29)46-32(22)20-39(3)35(44)37-25-12-15-27(45-4)16-13-25/h5-18,22-23,32,41H,19-21H2,1-4H3,(H,37,44)(H2,36,38,43)/t22-,23-,32+/m0/s1. The molecule has 5 rings (SSSR count). The van der Waals surface area contributed by atoms with E-state index in [0.717, 1.165) is 10.8 Å². The molecule has 4 aromatic carbocycles. The summed E-state index contributed by atoms with van der Waals surface area (Å²) in [6, 6.07) is 24.1. The molecule has 1 aliphatic rings. The monoisotopic (exact) mass is 625 g/mol. The van der Waals surface area contributed by atoms with E-state index in [9.17, 15) is 19.5 Å². The van der Waals surface area contributed by atoms with E-state index >= 15 is 0 Å². The van der Waals surface area contributed by atoms with E-state index in [1.807, 2.05) is 49.4 Å². The summed E-state index contributed by atoms with van der Waals surface area (Å²) in [7, 11) is 3.25. The lowest BCUT2D eigenvalue weighted by molar-refractivity contribution is 0.0371. The zero-order valence-electron chi connectivity index (χ0n) is 26.3. The van der Waals surface area contributed by atoms with Crippen molar-refractivity contribution in [2.45, 2.75) is 26.0 Å². The van der Waals surface area contributed by atoms with Crippen molar-refractivity contribution < 1.29 is 29.0 Å². The SMILES string of the molecule is COc1ccc(NC(=O)N(C)C[C@H]2Oc3ccc(NC(=O)Nc4cccc5ccccc45)cc3C(=O)N([C@@H](C)CO)C[C@@H]2C)cc1. The number of methoxy groups -OCH3 is 1. The van der Waals surface area contributed by atoms with Crippen LogP contribution in [0.2, 0.25) is 0 Å². The summed E-state index contributed by atoms with van der Waals surface area (Å²) in [5, 5.41) is 20.5. The number of carbonyl (C=O) groups excluding carboxylic acids is 3. The van der Waals surface area contributed by atoms with Gasteiger partial charge in [-0.15, -0.1) is 0 Å².